The van der Waals surface area contributed by atoms with Crippen LogP contribution in [-0.4, -0.2) is 14.2 Å². The van der Waals surface area contributed by atoms with Crippen molar-refractivity contribution in [3.05, 3.63) is 48.0 Å². The molecule has 2 rings (SSSR count). The number of hydrogen-bond donors (Lipinski definition) is 1. The maximum Gasteiger partial charge on any atom is 0.418 e. The van der Waals surface area contributed by atoms with Crippen LogP contribution in [0.3, 0.4) is 0 Å². The van der Waals surface area contributed by atoms with Crippen LogP contribution in [0.1, 0.15) is 5.56 Å². The van der Waals surface area contributed by atoms with Crippen LogP contribution in [0.25, 0.3) is 0 Å². The van der Waals surface area contributed by atoms with E-state index in [4.69, 9.17) is 9.47 Å². The third kappa shape index (κ3) is 3.39. The Morgan fingerprint density at radius 2 is 1.62 bits per heavy atom. The van der Waals surface area contributed by atoms with Crippen LogP contribution in [0.5, 0.6) is 11.5 Å². The lowest BCUT2D eigenvalue weighted by molar-refractivity contribution is -0.136. The summed E-state index contributed by atoms with van der Waals surface area (Å²) >= 11 is 0. The van der Waals surface area contributed by atoms with Gasteiger partial charge >= 0.3 is 6.18 Å². The van der Waals surface area contributed by atoms with Gasteiger partial charge in [-0.1, -0.05) is 12.1 Å². The molecule has 0 bridgehead atoms. The summed E-state index contributed by atoms with van der Waals surface area (Å²) in [6.07, 6.45) is -4.43. The third-order valence-corrected chi connectivity index (χ3v) is 2.91. The Hall–Kier alpha value is -2.37. The molecule has 0 aromatic heterocycles. The monoisotopic (exact) mass is 297 g/mol. The first-order chi connectivity index (χ1) is 9.95. The summed E-state index contributed by atoms with van der Waals surface area (Å²) in [5, 5.41) is 2.75. The van der Waals surface area contributed by atoms with Crippen LogP contribution in [0.15, 0.2) is 42.5 Å². The minimum atomic E-state index is -4.43. The summed E-state index contributed by atoms with van der Waals surface area (Å²) in [7, 11) is 2.94. The lowest BCUT2D eigenvalue weighted by Gasteiger charge is -2.16. The number of benzene rings is 2. The molecule has 6 heteroatoms. The highest BCUT2D eigenvalue weighted by Gasteiger charge is 2.33. The Labute approximate surface area is 120 Å². The van der Waals surface area contributed by atoms with E-state index in [0.717, 1.165) is 6.07 Å². The van der Waals surface area contributed by atoms with Crippen LogP contribution in [-0.2, 0) is 6.18 Å². The van der Waals surface area contributed by atoms with E-state index in [1.807, 2.05) is 0 Å². The summed E-state index contributed by atoms with van der Waals surface area (Å²) in [6, 6.07) is 10.1. The molecule has 0 saturated heterocycles. The summed E-state index contributed by atoms with van der Waals surface area (Å²) < 4.78 is 49.1. The van der Waals surface area contributed by atoms with Gasteiger partial charge in [0.05, 0.1) is 31.2 Å². The molecule has 0 radical (unpaired) electrons. The van der Waals surface area contributed by atoms with E-state index in [1.54, 1.807) is 18.2 Å². The third-order valence-electron chi connectivity index (χ3n) is 2.91. The van der Waals surface area contributed by atoms with Gasteiger partial charge in [0.2, 0.25) is 0 Å². The number of para-hydroxylation sites is 1. The van der Waals surface area contributed by atoms with Gasteiger partial charge in [-0.15, -0.1) is 0 Å². The Balaban J connectivity index is 2.39. The molecule has 0 amide bonds. The maximum atomic E-state index is 13.0. The minimum Gasteiger partial charge on any atom is -0.497 e. The first-order valence-electron chi connectivity index (χ1n) is 6.11. The normalized spacial score (nSPS) is 11.1. The smallest absolute Gasteiger partial charge is 0.418 e. The zero-order chi connectivity index (χ0) is 15.5. The molecule has 0 heterocycles. The van der Waals surface area contributed by atoms with Crippen molar-refractivity contribution in [3.8, 4) is 11.5 Å². The molecule has 1 N–H and O–H groups in total. The van der Waals surface area contributed by atoms with Gasteiger partial charge in [-0.05, 0) is 24.3 Å². The largest absolute Gasteiger partial charge is 0.497 e. The van der Waals surface area contributed by atoms with Gasteiger partial charge in [-0.3, -0.25) is 0 Å². The molecule has 0 spiro atoms. The average Bonchev–Trinajstić information content (AvgIpc) is 2.47. The first-order valence-corrected chi connectivity index (χ1v) is 6.11. The lowest BCUT2D eigenvalue weighted by atomic mass is 10.1. The van der Waals surface area contributed by atoms with E-state index < -0.39 is 11.7 Å². The van der Waals surface area contributed by atoms with Crippen LogP contribution < -0.4 is 14.8 Å². The van der Waals surface area contributed by atoms with Crippen molar-refractivity contribution in [1.29, 1.82) is 0 Å². The molecule has 0 aliphatic rings. The van der Waals surface area contributed by atoms with E-state index in [0.29, 0.717) is 17.2 Å². The first kappa shape index (κ1) is 15.0. The van der Waals surface area contributed by atoms with Crippen LogP contribution in [0.4, 0.5) is 24.5 Å². The topological polar surface area (TPSA) is 30.5 Å². The van der Waals surface area contributed by atoms with Crippen LogP contribution in [0.2, 0.25) is 0 Å². The standard InChI is InChI=1S/C15H14F3NO2/c1-20-10-7-8-13(14(9-10)21-2)19-12-6-4-3-5-11(12)15(16,17)18/h3-9,19H,1-2H3. The number of alkyl halides is 3. The summed E-state index contributed by atoms with van der Waals surface area (Å²) in [5.74, 6) is 0.952. The van der Waals surface area contributed by atoms with Crippen molar-refractivity contribution in [2.45, 2.75) is 6.18 Å². The molecular formula is C15H14F3NO2. The molecule has 112 valence electrons. The fourth-order valence-electron chi connectivity index (χ4n) is 1.89. The van der Waals surface area contributed by atoms with Crippen molar-refractivity contribution in [1.82, 2.24) is 0 Å². The predicted molar refractivity (Wildman–Crippen MR) is 74.3 cm³/mol. The molecular weight excluding hydrogens is 283 g/mol. The molecule has 0 aliphatic carbocycles. The highest BCUT2D eigenvalue weighted by atomic mass is 19.4. The number of hydrogen-bond acceptors (Lipinski definition) is 3. The number of ether oxygens (including phenoxy) is 2. The summed E-state index contributed by atoms with van der Waals surface area (Å²) in [6.45, 7) is 0. The Bertz CT molecular complexity index is 627. The van der Waals surface area contributed by atoms with Gasteiger partial charge in [0, 0.05) is 6.07 Å². The van der Waals surface area contributed by atoms with Crippen molar-refractivity contribution >= 4 is 11.4 Å². The zero-order valence-electron chi connectivity index (χ0n) is 11.5. The van der Waals surface area contributed by atoms with E-state index in [9.17, 15) is 13.2 Å². The molecule has 0 atom stereocenters. The molecule has 0 unspecified atom stereocenters. The molecule has 0 fully saturated rings. The molecule has 2 aromatic rings. The van der Waals surface area contributed by atoms with E-state index in [-0.39, 0.29) is 5.69 Å². The lowest BCUT2D eigenvalue weighted by Crippen LogP contribution is -2.08. The van der Waals surface area contributed by atoms with Crippen molar-refractivity contribution in [3.63, 3.8) is 0 Å². The molecule has 2 aromatic carbocycles. The highest BCUT2D eigenvalue weighted by molar-refractivity contribution is 5.70. The molecule has 0 aliphatic heterocycles. The minimum absolute atomic E-state index is 0.0338. The zero-order valence-corrected chi connectivity index (χ0v) is 11.5. The van der Waals surface area contributed by atoms with E-state index in [2.05, 4.69) is 5.32 Å². The van der Waals surface area contributed by atoms with Crippen molar-refractivity contribution in [2.24, 2.45) is 0 Å². The van der Waals surface area contributed by atoms with Gasteiger partial charge in [-0.25, -0.2) is 0 Å². The molecule has 21 heavy (non-hydrogen) atoms. The second-order valence-electron chi connectivity index (χ2n) is 4.23. The quantitative estimate of drug-likeness (QED) is 0.903. The fraction of sp³-hybridized carbons (Fsp3) is 0.200. The Morgan fingerprint density at radius 3 is 2.24 bits per heavy atom. The van der Waals surface area contributed by atoms with Gasteiger partial charge < -0.3 is 14.8 Å². The summed E-state index contributed by atoms with van der Waals surface area (Å²) in [5.41, 5.74) is -0.341. The predicted octanol–water partition coefficient (Wildman–Crippen LogP) is 4.47. The van der Waals surface area contributed by atoms with Gasteiger partial charge in [0.1, 0.15) is 11.5 Å². The number of methoxy groups -OCH3 is 2. The van der Waals surface area contributed by atoms with Gasteiger partial charge in [0.25, 0.3) is 0 Å². The van der Waals surface area contributed by atoms with Crippen LogP contribution in [0, 0.1) is 0 Å². The Morgan fingerprint density at radius 1 is 0.905 bits per heavy atom. The SMILES string of the molecule is COc1ccc(Nc2ccccc2C(F)(F)F)c(OC)c1. The number of anilines is 2. The maximum absolute atomic E-state index is 13.0. The van der Waals surface area contributed by atoms with E-state index >= 15 is 0 Å². The van der Waals surface area contributed by atoms with Gasteiger partial charge in [0.15, 0.2) is 0 Å². The van der Waals surface area contributed by atoms with Crippen molar-refractivity contribution in [2.75, 3.05) is 19.5 Å². The fourth-order valence-corrected chi connectivity index (χ4v) is 1.89. The second kappa shape index (κ2) is 5.95. The summed E-state index contributed by atoms with van der Waals surface area (Å²) in [4.78, 5) is 0. The van der Waals surface area contributed by atoms with Gasteiger partial charge in [-0.2, -0.15) is 13.2 Å². The number of nitrogens with one attached hydrogen (secondary N) is 1. The average molecular weight is 297 g/mol. The van der Waals surface area contributed by atoms with E-state index in [1.165, 1.54) is 32.4 Å². The highest BCUT2D eigenvalue weighted by Crippen LogP contribution is 2.38. The second-order valence-corrected chi connectivity index (χ2v) is 4.23. The van der Waals surface area contributed by atoms with Crippen molar-refractivity contribution < 1.29 is 22.6 Å². The molecule has 0 saturated carbocycles. The Kier molecular flexibility index (Phi) is 4.26. The van der Waals surface area contributed by atoms with Crippen LogP contribution >= 0.6 is 0 Å². The number of halogens is 3. The molecule has 3 nitrogen and oxygen atoms in total. The number of rotatable bonds is 4.